The molecule has 0 bridgehead atoms. The summed E-state index contributed by atoms with van der Waals surface area (Å²) in [6, 6.07) is 0. The number of carbonyl (C=O) groups excluding carboxylic acids is 1. The highest BCUT2D eigenvalue weighted by molar-refractivity contribution is 5.75. The zero-order valence-corrected chi connectivity index (χ0v) is 9.44. The molecule has 0 spiro atoms. The summed E-state index contributed by atoms with van der Waals surface area (Å²) in [5, 5.41) is 3.88. The molecule has 5 nitrogen and oxygen atoms in total. The minimum atomic E-state index is 0.138. The topological polar surface area (TPSA) is 65.2 Å². The summed E-state index contributed by atoms with van der Waals surface area (Å²) in [5.74, 6) is 1.37. The largest absolute Gasteiger partial charge is 0.378 e. The molecule has 2 rings (SSSR count). The monoisotopic (exact) mass is 224 g/mol. The first-order valence-corrected chi connectivity index (χ1v) is 5.66. The molecule has 2 heterocycles. The van der Waals surface area contributed by atoms with Crippen LogP contribution in [0.15, 0.2) is 4.52 Å². The fraction of sp³-hybridized carbons (Fsp3) is 0.727. The minimum absolute atomic E-state index is 0.138. The van der Waals surface area contributed by atoms with Crippen molar-refractivity contribution >= 4 is 5.78 Å². The first kappa shape index (κ1) is 11.3. The van der Waals surface area contributed by atoms with Crippen LogP contribution in [0.25, 0.3) is 0 Å². The van der Waals surface area contributed by atoms with Crippen LogP contribution in [0.2, 0.25) is 0 Å². The molecule has 0 radical (unpaired) electrons. The molecule has 1 atom stereocenters. The van der Waals surface area contributed by atoms with Crippen LogP contribution in [0.3, 0.4) is 0 Å². The zero-order valence-electron chi connectivity index (χ0n) is 9.44. The van der Waals surface area contributed by atoms with E-state index in [1.165, 1.54) is 0 Å². The van der Waals surface area contributed by atoms with Crippen molar-refractivity contribution in [3.8, 4) is 0 Å². The summed E-state index contributed by atoms with van der Waals surface area (Å²) < 4.78 is 10.5. The standard InChI is InChI=1S/C11H16N2O3/c1-8(14)4-5-11-12-10(13-16-11)7-9-3-2-6-15-9/h9H,2-7H2,1H3. The van der Waals surface area contributed by atoms with Crippen LogP contribution in [0.4, 0.5) is 0 Å². The van der Waals surface area contributed by atoms with Gasteiger partial charge >= 0.3 is 0 Å². The van der Waals surface area contributed by atoms with Gasteiger partial charge in [0.05, 0.1) is 6.10 Å². The second kappa shape index (κ2) is 5.21. The van der Waals surface area contributed by atoms with E-state index in [0.29, 0.717) is 31.0 Å². The van der Waals surface area contributed by atoms with Gasteiger partial charge in [0.2, 0.25) is 5.89 Å². The first-order chi connectivity index (χ1) is 7.74. The molecule has 1 fully saturated rings. The van der Waals surface area contributed by atoms with Crippen LogP contribution >= 0.6 is 0 Å². The Labute approximate surface area is 94.2 Å². The Bertz CT molecular complexity index is 356. The Morgan fingerprint density at radius 1 is 1.56 bits per heavy atom. The minimum Gasteiger partial charge on any atom is -0.378 e. The molecule has 16 heavy (non-hydrogen) atoms. The van der Waals surface area contributed by atoms with Crippen LogP contribution < -0.4 is 0 Å². The van der Waals surface area contributed by atoms with Crippen molar-refractivity contribution in [2.75, 3.05) is 6.61 Å². The molecule has 1 unspecified atom stereocenters. The quantitative estimate of drug-likeness (QED) is 0.754. The Balaban J connectivity index is 1.84. The number of hydrogen-bond donors (Lipinski definition) is 0. The van der Waals surface area contributed by atoms with Gasteiger partial charge < -0.3 is 14.1 Å². The molecule has 0 aromatic carbocycles. The van der Waals surface area contributed by atoms with E-state index >= 15 is 0 Å². The maximum atomic E-state index is 10.8. The summed E-state index contributed by atoms with van der Waals surface area (Å²) in [7, 11) is 0. The molecular formula is C11H16N2O3. The van der Waals surface area contributed by atoms with Gasteiger partial charge in [-0.2, -0.15) is 4.98 Å². The van der Waals surface area contributed by atoms with Crippen LogP contribution in [-0.2, 0) is 22.4 Å². The number of nitrogens with zero attached hydrogens (tertiary/aromatic N) is 2. The Morgan fingerprint density at radius 2 is 2.44 bits per heavy atom. The van der Waals surface area contributed by atoms with Crippen molar-refractivity contribution in [1.29, 1.82) is 0 Å². The first-order valence-electron chi connectivity index (χ1n) is 5.66. The third-order valence-electron chi connectivity index (χ3n) is 2.64. The van der Waals surface area contributed by atoms with Crippen LogP contribution in [0, 0.1) is 0 Å². The zero-order chi connectivity index (χ0) is 11.4. The van der Waals surface area contributed by atoms with E-state index in [1.807, 2.05) is 0 Å². The van der Waals surface area contributed by atoms with Crippen LogP contribution in [0.5, 0.6) is 0 Å². The average molecular weight is 224 g/mol. The van der Waals surface area contributed by atoms with Crippen molar-refractivity contribution in [3.63, 3.8) is 0 Å². The average Bonchev–Trinajstić information content (AvgIpc) is 2.87. The number of ketones is 1. The van der Waals surface area contributed by atoms with Gasteiger partial charge in [0, 0.05) is 25.9 Å². The maximum Gasteiger partial charge on any atom is 0.227 e. The molecule has 1 aromatic rings. The van der Waals surface area contributed by atoms with Crippen molar-refractivity contribution in [2.24, 2.45) is 0 Å². The third kappa shape index (κ3) is 3.13. The lowest BCUT2D eigenvalue weighted by Gasteiger charge is -2.03. The number of rotatable bonds is 5. The van der Waals surface area contributed by atoms with E-state index in [4.69, 9.17) is 9.26 Å². The van der Waals surface area contributed by atoms with E-state index in [2.05, 4.69) is 10.1 Å². The predicted molar refractivity (Wildman–Crippen MR) is 56.0 cm³/mol. The SMILES string of the molecule is CC(=O)CCc1nc(CC2CCCO2)no1. The van der Waals surface area contributed by atoms with Gasteiger partial charge in [0.25, 0.3) is 0 Å². The summed E-state index contributed by atoms with van der Waals surface area (Å²) in [4.78, 5) is 15.0. The summed E-state index contributed by atoms with van der Waals surface area (Å²) in [6.45, 7) is 2.39. The number of aromatic nitrogens is 2. The van der Waals surface area contributed by atoms with Crippen LogP contribution in [0.1, 0.15) is 37.9 Å². The summed E-state index contributed by atoms with van der Waals surface area (Å²) in [5.41, 5.74) is 0. The molecule has 0 N–H and O–H groups in total. The molecule has 88 valence electrons. The lowest BCUT2D eigenvalue weighted by atomic mass is 10.2. The number of Topliss-reactive ketones (excluding diaryl/α,β-unsaturated/α-hetero) is 1. The number of ether oxygens (including phenoxy) is 1. The molecule has 1 aliphatic heterocycles. The molecule has 0 amide bonds. The third-order valence-corrected chi connectivity index (χ3v) is 2.64. The predicted octanol–water partition coefficient (Wildman–Crippen LogP) is 1.31. The van der Waals surface area contributed by atoms with E-state index in [-0.39, 0.29) is 11.9 Å². The van der Waals surface area contributed by atoms with Crippen molar-refractivity contribution < 1.29 is 14.1 Å². The molecule has 0 aliphatic carbocycles. The molecule has 1 aliphatic rings. The second-order valence-corrected chi connectivity index (χ2v) is 4.15. The molecule has 1 aromatic heterocycles. The van der Waals surface area contributed by atoms with Gasteiger partial charge in [-0.15, -0.1) is 0 Å². The highest BCUT2D eigenvalue weighted by Gasteiger charge is 2.18. The summed E-state index contributed by atoms with van der Waals surface area (Å²) >= 11 is 0. The normalized spacial score (nSPS) is 20.2. The summed E-state index contributed by atoms with van der Waals surface area (Å²) in [6.07, 6.45) is 4.12. The van der Waals surface area contributed by atoms with Crippen molar-refractivity contribution in [3.05, 3.63) is 11.7 Å². The van der Waals surface area contributed by atoms with Crippen LogP contribution in [-0.4, -0.2) is 28.6 Å². The Kier molecular flexibility index (Phi) is 3.66. The smallest absolute Gasteiger partial charge is 0.227 e. The van der Waals surface area contributed by atoms with Gasteiger partial charge in [-0.25, -0.2) is 0 Å². The van der Waals surface area contributed by atoms with Crippen molar-refractivity contribution in [1.82, 2.24) is 10.1 Å². The van der Waals surface area contributed by atoms with E-state index in [0.717, 1.165) is 19.4 Å². The van der Waals surface area contributed by atoms with Gasteiger partial charge in [0.15, 0.2) is 5.82 Å². The van der Waals surface area contributed by atoms with Crippen molar-refractivity contribution in [2.45, 2.75) is 45.1 Å². The fourth-order valence-corrected chi connectivity index (χ4v) is 1.77. The van der Waals surface area contributed by atoms with Gasteiger partial charge in [-0.3, -0.25) is 0 Å². The Hall–Kier alpha value is -1.23. The molecular weight excluding hydrogens is 208 g/mol. The lowest BCUT2D eigenvalue weighted by molar-refractivity contribution is -0.117. The molecule has 0 saturated carbocycles. The Morgan fingerprint density at radius 3 is 3.12 bits per heavy atom. The molecule has 1 saturated heterocycles. The number of aryl methyl sites for hydroxylation is 1. The van der Waals surface area contributed by atoms with E-state index in [9.17, 15) is 4.79 Å². The highest BCUT2D eigenvalue weighted by atomic mass is 16.5. The second-order valence-electron chi connectivity index (χ2n) is 4.15. The van der Waals surface area contributed by atoms with E-state index < -0.39 is 0 Å². The number of hydrogen-bond acceptors (Lipinski definition) is 5. The van der Waals surface area contributed by atoms with Gasteiger partial charge in [-0.05, 0) is 19.8 Å². The maximum absolute atomic E-state index is 10.8. The van der Waals surface area contributed by atoms with Gasteiger partial charge in [0.1, 0.15) is 5.78 Å². The number of carbonyl (C=O) groups is 1. The van der Waals surface area contributed by atoms with E-state index in [1.54, 1.807) is 6.92 Å². The fourth-order valence-electron chi connectivity index (χ4n) is 1.77. The lowest BCUT2D eigenvalue weighted by Crippen LogP contribution is -2.09. The highest BCUT2D eigenvalue weighted by Crippen LogP contribution is 2.15. The van der Waals surface area contributed by atoms with Gasteiger partial charge in [-0.1, -0.05) is 5.16 Å². The molecule has 5 heteroatoms.